The highest BCUT2D eigenvalue weighted by atomic mass is 16.3. The Balaban J connectivity index is 2.64. The predicted octanol–water partition coefficient (Wildman–Crippen LogP) is 0.899. The molecule has 0 unspecified atom stereocenters. The van der Waals surface area contributed by atoms with E-state index in [-0.39, 0.29) is 17.6 Å². The summed E-state index contributed by atoms with van der Waals surface area (Å²) in [6.45, 7) is 6.68. The Morgan fingerprint density at radius 2 is 2.25 bits per heavy atom. The van der Waals surface area contributed by atoms with Crippen LogP contribution < -0.4 is 10.9 Å². The van der Waals surface area contributed by atoms with Crippen molar-refractivity contribution >= 4 is 5.82 Å². The van der Waals surface area contributed by atoms with E-state index in [0.717, 1.165) is 0 Å². The predicted molar refractivity (Wildman–Crippen MR) is 63.6 cm³/mol. The molecule has 0 aliphatic rings. The van der Waals surface area contributed by atoms with Crippen LogP contribution in [0, 0.1) is 12.3 Å². The van der Waals surface area contributed by atoms with Crippen molar-refractivity contribution in [3.63, 3.8) is 0 Å². The molecule has 3 N–H and O–H groups in total. The summed E-state index contributed by atoms with van der Waals surface area (Å²) < 4.78 is 0. The van der Waals surface area contributed by atoms with Crippen molar-refractivity contribution in [2.45, 2.75) is 27.2 Å². The van der Waals surface area contributed by atoms with Gasteiger partial charge in [-0.1, -0.05) is 13.8 Å². The number of aliphatic hydroxyl groups is 1. The lowest BCUT2D eigenvalue weighted by Crippen LogP contribution is -2.25. The molecule has 1 aromatic heterocycles. The van der Waals surface area contributed by atoms with Crippen LogP contribution in [0.2, 0.25) is 0 Å². The SMILES string of the molecule is Cc1nc(NCC(C)(C)CCO)cc(=O)[nH]1. The minimum absolute atomic E-state index is 0.0209. The molecule has 5 heteroatoms. The third-order valence-corrected chi connectivity index (χ3v) is 2.40. The molecule has 0 saturated heterocycles. The first kappa shape index (κ1) is 12.7. The molecule has 0 aliphatic carbocycles. The second kappa shape index (κ2) is 5.12. The number of H-pyrrole nitrogens is 1. The molecule has 0 radical (unpaired) electrons. The van der Waals surface area contributed by atoms with E-state index < -0.39 is 0 Å². The minimum Gasteiger partial charge on any atom is -0.396 e. The third-order valence-electron chi connectivity index (χ3n) is 2.40. The lowest BCUT2D eigenvalue weighted by atomic mass is 9.90. The van der Waals surface area contributed by atoms with Crippen LogP contribution in [0.15, 0.2) is 10.9 Å². The van der Waals surface area contributed by atoms with Gasteiger partial charge in [-0.2, -0.15) is 0 Å². The van der Waals surface area contributed by atoms with Crippen molar-refractivity contribution in [2.24, 2.45) is 5.41 Å². The van der Waals surface area contributed by atoms with Gasteiger partial charge in [-0.3, -0.25) is 4.79 Å². The molecule has 1 heterocycles. The Morgan fingerprint density at radius 3 is 2.81 bits per heavy atom. The molecule has 0 atom stereocenters. The second-order valence-electron chi connectivity index (χ2n) is 4.71. The van der Waals surface area contributed by atoms with Crippen molar-refractivity contribution < 1.29 is 5.11 Å². The summed E-state index contributed by atoms with van der Waals surface area (Å²) in [5.74, 6) is 1.17. The van der Waals surface area contributed by atoms with E-state index in [4.69, 9.17) is 5.11 Å². The Bertz CT molecular complexity index is 398. The number of aryl methyl sites for hydroxylation is 1. The zero-order valence-electron chi connectivity index (χ0n) is 10.0. The molecule has 90 valence electrons. The summed E-state index contributed by atoms with van der Waals surface area (Å²) >= 11 is 0. The molecule has 0 bridgehead atoms. The summed E-state index contributed by atoms with van der Waals surface area (Å²) in [7, 11) is 0. The number of aromatic amines is 1. The Hall–Kier alpha value is -1.36. The molecule has 0 saturated carbocycles. The van der Waals surface area contributed by atoms with Gasteiger partial charge in [0.1, 0.15) is 11.6 Å². The van der Waals surface area contributed by atoms with Gasteiger partial charge >= 0.3 is 0 Å². The third kappa shape index (κ3) is 4.02. The maximum absolute atomic E-state index is 11.2. The lowest BCUT2D eigenvalue weighted by molar-refractivity contribution is 0.220. The molecular formula is C11H19N3O2. The monoisotopic (exact) mass is 225 g/mol. The summed E-state index contributed by atoms with van der Waals surface area (Å²) in [6.07, 6.45) is 0.710. The fourth-order valence-electron chi connectivity index (χ4n) is 1.39. The molecule has 0 aromatic carbocycles. The van der Waals surface area contributed by atoms with Gasteiger partial charge in [0.15, 0.2) is 0 Å². The number of aliphatic hydroxyl groups excluding tert-OH is 1. The molecule has 0 spiro atoms. The normalized spacial score (nSPS) is 11.5. The summed E-state index contributed by atoms with van der Waals surface area (Å²) in [5, 5.41) is 12.0. The van der Waals surface area contributed by atoms with E-state index in [0.29, 0.717) is 24.6 Å². The van der Waals surface area contributed by atoms with Crippen LogP contribution in [0.3, 0.4) is 0 Å². The number of anilines is 1. The Labute approximate surface area is 94.9 Å². The van der Waals surface area contributed by atoms with Gasteiger partial charge in [-0.25, -0.2) is 4.98 Å². The van der Waals surface area contributed by atoms with Gasteiger partial charge in [0.25, 0.3) is 5.56 Å². The topological polar surface area (TPSA) is 78.0 Å². The average molecular weight is 225 g/mol. The summed E-state index contributed by atoms with van der Waals surface area (Å²) in [6, 6.07) is 1.43. The van der Waals surface area contributed by atoms with Crippen molar-refractivity contribution in [1.82, 2.24) is 9.97 Å². The van der Waals surface area contributed by atoms with Crippen molar-refractivity contribution in [1.29, 1.82) is 0 Å². The van der Waals surface area contributed by atoms with Gasteiger partial charge in [-0.15, -0.1) is 0 Å². The van der Waals surface area contributed by atoms with Gasteiger partial charge in [0.2, 0.25) is 0 Å². The van der Waals surface area contributed by atoms with Gasteiger partial charge < -0.3 is 15.4 Å². The molecule has 0 amide bonds. The highest BCUT2D eigenvalue weighted by Gasteiger charge is 2.16. The van der Waals surface area contributed by atoms with E-state index in [1.165, 1.54) is 6.07 Å². The van der Waals surface area contributed by atoms with Crippen LogP contribution in [0.4, 0.5) is 5.82 Å². The van der Waals surface area contributed by atoms with E-state index >= 15 is 0 Å². The number of nitrogens with zero attached hydrogens (tertiary/aromatic N) is 1. The standard InChI is InChI=1S/C11H19N3O2/c1-8-13-9(6-10(16)14-8)12-7-11(2,3)4-5-15/h6,15H,4-5,7H2,1-3H3,(H2,12,13,14,16). The summed E-state index contributed by atoms with van der Waals surface area (Å²) in [4.78, 5) is 17.9. The smallest absolute Gasteiger partial charge is 0.252 e. The first-order valence-corrected chi connectivity index (χ1v) is 5.36. The van der Waals surface area contributed by atoms with E-state index in [9.17, 15) is 4.79 Å². The number of nitrogens with one attached hydrogen (secondary N) is 2. The van der Waals surface area contributed by atoms with Crippen molar-refractivity contribution in [3.05, 3.63) is 22.2 Å². The Morgan fingerprint density at radius 1 is 1.56 bits per heavy atom. The maximum Gasteiger partial charge on any atom is 0.252 e. The molecule has 0 aliphatic heterocycles. The van der Waals surface area contributed by atoms with Gasteiger partial charge in [-0.05, 0) is 18.8 Å². The van der Waals surface area contributed by atoms with Gasteiger partial charge in [0.05, 0.1) is 0 Å². The molecular weight excluding hydrogens is 206 g/mol. The van der Waals surface area contributed by atoms with Crippen LogP contribution >= 0.6 is 0 Å². The Kier molecular flexibility index (Phi) is 4.06. The van der Waals surface area contributed by atoms with Gasteiger partial charge in [0, 0.05) is 19.2 Å². The van der Waals surface area contributed by atoms with Crippen LogP contribution in [0.1, 0.15) is 26.1 Å². The molecule has 0 fully saturated rings. The molecule has 1 aromatic rings. The van der Waals surface area contributed by atoms with Crippen LogP contribution in [0.25, 0.3) is 0 Å². The first-order chi connectivity index (χ1) is 7.43. The quantitative estimate of drug-likeness (QED) is 0.695. The number of rotatable bonds is 5. The summed E-state index contributed by atoms with van der Waals surface area (Å²) in [5.41, 5.74) is -0.178. The van der Waals surface area contributed by atoms with E-state index in [2.05, 4.69) is 29.1 Å². The van der Waals surface area contributed by atoms with Crippen LogP contribution in [-0.2, 0) is 0 Å². The lowest BCUT2D eigenvalue weighted by Gasteiger charge is -2.24. The molecule has 16 heavy (non-hydrogen) atoms. The number of hydrogen-bond donors (Lipinski definition) is 3. The van der Waals surface area contributed by atoms with Crippen molar-refractivity contribution in [3.8, 4) is 0 Å². The average Bonchev–Trinajstić information content (AvgIpc) is 2.13. The van der Waals surface area contributed by atoms with Crippen molar-refractivity contribution in [2.75, 3.05) is 18.5 Å². The zero-order valence-corrected chi connectivity index (χ0v) is 10.0. The number of hydrogen-bond acceptors (Lipinski definition) is 4. The zero-order chi connectivity index (χ0) is 12.2. The fourth-order valence-corrected chi connectivity index (χ4v) is 1.39. The largest absolute Gasteiger partial charge is 0.396 e. The maximum atomic E-state index is 11.2. The van der Waals surface area contributed by atoms with Crippen LogP contribution in [0.5, 0.6) is 0 Å². The molecule has 1 rings (SSSR count). The first-order valence-electron chi connectivity index (χ1n) is 5.36. The fraction of sp³-hybridized carbons (Fsp3) is 0.636. The van der Waals surface area contributed by atoms with Crippen LogP contribution in [-0.4, -0.2) is 28.2 Å². The minimum atomic E-state index is -0.157. The molecule has 5 nitrogen and oxygen atoms in total. The van der Waals surface area contributed by atoms with E-state index in [1.807, 2.05) is 0 Å². The second-order valence-corrected chi connectivity index (χ2v) is 4.71. The van der Waals surface area contributed by atoms with E-state index in [1.54, 1.807) is 6.92 Å². The number of aromatic nitrogens is 2. The highest BCUT2D eigenvalue weighted by Crippen LogP contribution is 2.19. The highest BCUT2D eigenvalue weighted by molar-refractivity contribution is 5.33.